The van der Waals surface area contributed by atoms with E-state index in [-0.39, 0.29) is 5.57 Å². The van der Waals surface area contributed by atoms with Gasteiger partial charge < -0.3 is 19.5 Å². The number of hydrogen-bond acceptors (Lipinski definition) is 5. The van der Waals surface area contributed by atoms with Gasteiger partial charge in [0.05, 0.1) is 24.9 Å². The Kier molecular flexibility index (Phi) is 7.97. The Bertz CT molecular complexity index is 1520. The van der Waals surface area contributed by atoms with Crippen LogP contribution in [0.5, 0.6) is 17.2 Å². The first-order valence-electron chi connectivity index (χ1n) is 11.5. The van der Waals surface area contributed by atoms with Crippen LogP contribution in [0.4, 0.5) is 5.69 Å². The summed E-state index contributed by atoms with van der Waals surface area (Å²) in [4.78, 5) is 12.8. The van der Waals surface area contributed by atoms with Crippen LogP contribution in [0.3, 0.4) is 0 Å². The average Bonchev–Trinajstić information content (AvgIpc) is 2.92. The molecule has 4 aromatic carbocycles. The summed E-state index contributed by atoms with van der Waals surface area (Å²) in [6, 6.07) is 24.7. The number of methoxy groups -OCH3 is 2. The molecule has 0 aromatic heterocycles. The number of ether oxygens (including phenoxy) is 3. The summed E-state index contributed by atoms with van der Waals surface area (Å²) in [6.07, 6.45) is 1.51. The smallest absolute Gasteiger partial charge is 0.266 e. The zero-order valence-corrected chi connectivity index (χ0v) is 21.4. The van der Waals surface area contributed by atoms with Crippen LogP contribution >= 0.6 is 11.6 Å². The minimum Gasteiger partial charge on any atom is -0.495 e. The van der Waals surface area contributed by atoms with Crippen LogP contribution in [-0.2, 0) is 11.4 Å². The number of nitrogens with zero attached hydrogens (tertiary/aromatic N) is 1. The van der Waals surface area contributed by atoms with Crippen molar-refractivity contribution >= 4 is 40.0 Å². The summed E-state index contributed by atoms with van der Waals surface area (Å²) >= 11 is 6.13. The first-order valence-corrected chi connectivity index (χ1v) is 11.9. The van der Waals surface area contributed by atoms with Gasteiger partial charge in [0, 0.05) is 17.7 Å². The van der Waals surface area contributed by atoms with Gasteiger partial charge in [-0.1, -0.05) is 60.1 Å². The van der Waals surface area contributed by atoms with Crippen LogP contribution in [0.1, 0.15) is 16.7 Å². The SMILES string of the molecule is COc1cc(NC(=O)/C(C#N)=C/c2ccc(OCc3c(C)ccc4ccccc34)cc2)c(OC)cc1Cl. The Morgan fingerprint density at radius 3 is 2.43 bits per heavy atom. The van der Waals surface area contributed by atoms with Gasteiger partial charge in [0.2, 0.25) is 0 Å². The molecule has 0 aliphatic heterocycles. The van der Waals surface area contributed by atoms with Crippen LogP contribution in [0.15, 0.2) is 78.4 Å². The first-order chi connectivity index (χ1) is 17.9. The number of carbonyl (C=O) groups excluding carboxylic acids is 1. The molecule has 0 atom stereocenters. The molecule has 4 rings (SSSR count). The molecular weight excluding hydrogens is 488 g/mol. The fourth-order valence-electron chi connectivity index (χ4n) is 3.92. The van der Waals surface area contributed by atoms with E-state index in [0.717, 1.165) is 11.1 Å². The third-order valence-electron chi connectivity index (χ3n) is 5.94. The highest BCUT2D eigenvalue weighted by Gasteiger charge is 2.15. The number of anilines is 1. The second-order valence-corrected chi connectivity index (χ2v) is 8.66. The summed E-state index contributed by atoms with van der Waals surface area (Å²) in [5.74, 6) is 0.816. The van der Waals surface area contributed by atoms with Crippen molar-refractivity contribution in [2.45, 2.75) is 13.5 Å². The quantitative estimate of drug-likeness (QED) is 0.204. The molecule has 0 aliphatic carbocycles. The Balaban J connectivity index is 1.48. The van der Waals surface area contributed by atoms with Gasteiger partial charge in [0.25, 0.3) is 5.91 Å². The van der Waals surface area contributed by atoms with Crippen LogP contribution in [0.25, 0.3) is 16.8 Å². The van der Waals surface area contributed by atoms with Gasteiger partial charge in [-0.3, -0.25) is 4.79 Å². The van der Waals surface area contributed by atoms with E-state index in [9.17, 15) is 10.1 Å². The minimum absolute atomic E-state index is 0.0731. The van der Waals surface area contributed by atoms with Crippen molar-refractivity contribution < 1.29 is 19.0 Å². The maximum atomic E-state index is 12.8. The third-order valence-corrected chi connectivity index (χ3v) is 6.23. The molecule has 0 radical (unpaired) electrons. The summed E-state index contributed by atoms with van der Waals surface area (Å²) in [5, 5.41) is 15.0. The molecule has 0 unspecified atom stereocenters. The molecule has 0 saturated heterocycles. The Morgan fingerprint density at radius 1 is 1.00 bits per heavy atom. The number of hydrogen-bond donors (Lipinski definition) is 1. The largest absolute Gasteiger partial charge is 0.495 e. The minimum atomic E-state index is -0.586. The molecule has 0 heterocycles. The zero-order valence-electron chi connectivity index (χ0n) is 20.7. The molecule has 7 heteroatoms. The van der Waals surface area contributed by atoms with Gasteiger partial charge in [-0.15, -0.1) is 0 Å². The highest BCUT2D eigenvalue weighted by Crippen LogP contribution is 2.36. The molecule has 0 aliphatic rings. The van der Waals surface area contributed by atoms with Gasteiger partial charge in [-0.25, -0.2) is 0 Å². The lowest BCUT2D eigenvalue weighted by atomic mass is 10.0. The van der Waals surface area contributed by atoms with Crippen LogP contribution in [0.2, 0.25) is 5.02 Å². The predicted molar refractivity (Wildman–Crippen MR) is 146 cm³/mol. The molecule has 1 amide bonds. The molecule has 6 nitrogen and oxygen atoms in total. The number of aryl methyl sites for hydroxylation is 1. The topological polar surface area (TPSA) is 80.6 Å². The first kappa shape index (κ1) is 25.6. The second-order valence-electron chi connectivity index (χ2n) is 8.25. The Hall–Kier alpha value is -4.47. The highest BCUT2D eigenvalue weighted by atomic mass is 35.5. The maximum Gasteiger partial charge on any atom is 0.266 e. The van der Waals surface area contributed by atoms with Gasteiger partial charge in [-0.05, 0) is 47.0 Å². The standard InChI is InChI=1S/C30H25ClN2O4/c1-19-8-11-21-6-4-5-7-24(21)25(19)18-37-23-12-9-20(10-13-23)14-22(17-32)30(34)33-27-16-28(35-2)26(31)15-29(27)36-3/h4-16H,18H2,1-3H3,(H,33,34)/b22-14+. The molecular formula is C30H25ClN2O4. The molecule has 0 fully saturated rings. The summed E-state index contributed by atoms with van der Waals surface area (Å²) < 4.78 is 16.5. The van der Waals surface area contributed by atoms with E-state index in [1.165, 1.54) is 43.2 Å². The molecule has 37 heavy (non-hydrogen) atoms. The number of carbonyl (C=O) groups is 1. The molecule has 1 N–H and O–H groups in total. The lowest BCUT2D eigenvalue weighted by molar-refractivity contribution is -0.112. The predicted octanol–water partition coefficient (Wildman–Crippen LogP) is 6.94. The van der Waals surface area contributed by atoms with Crippen molar-refractivity contribution in [1.29, 1.82) is 5.26 Å². The Labute approximate surface area is 220 Å². The van der Waals surface area contributed by atoms with Crippen molar-refractivity contribution in [3.8, 4) is 23.3 Å². The van der Waals surface area contributed by atoms with E-state index in [0.29, 0.717) is 40.1 Å². The number of halogens is 1. The normalized spacial score (nSPS) is 11.1. The number of amides is 1. The summed E-state index contributed by atoms with van der Waals surface area (Å²) in [7, 11) is 2.93. The van der Waals surface area contributed by atoms with Crippen LogP contribution in [0, 0.1) is 18.3 Å². The van der Waals surface area contributed by atoms with Crippen molar-refractivity contribution in [2.75, 3.05) is 19.5 Å². The van der Waals surface area contributed by atoms with Gasteiger partial charge in [0.15, 0.2) is 0 Å². The molecule has 0 bridgehead atoms. The van der Waals surface area contributed by atoms with Crippen LogP contribution in [-0.4, -0.2) is 20.1 Å². The number of benzene rings is 4. The van der Waals surface area contributed by atoms with E-state index < -0.39 is 5.91 Å². The van der Waals surface area contributed by atoms with Crippen molar-refractivity contribution in [1.82, 2.24) is 0 Å². The molecule has 4 aromatic rings. The number of nitrogens with one attached hydrogen (secondary N) is 1. The highest BCUT2D eigenvalue weighted by molar-refractivity contribution is 6.32. The molecule has 0 spiro atoms. The summed E-state index contributed by atoms with van der Waals surface area (Å²) in [6.45, 7) is 2.50. The van der Waals surface area contributed by atoms with Gasteiger partial charge in [0.1, 0.15) is 35.5 Å². The number of fused-ring (bicyclic) bond motifs is 1. The lowest BCUT2D eigenvalue weighted by Crippen LogP contribution is -2.14. The van der Waals surface area contributed by atoms with E-state index >= 15 is 0 Å². The molecule has 186 valence electrons. The molecule has 0 saturated carbocycles. The maximum absolute atomic E-state index is 12.8. The zero-order chi connectivity index (χ0) is 26.4. The number of rotatable bonds is 8. The Morgan fingerprint density at radius 2 is 1.73 bits per heavy atom. The third kappa shape index (κ3) is 5.85. The lowest BCUT2D eigenvalue weighted by Gasteiger charge is -2.13. The van der Waals surface area contributed by atoms with Crippen LogP contribution < -0.4 is 19.5 Å². The van der Waals surface area contributed by atoms with Gasteiger partial charge >= 0.3 is 0 Å². The van der Waals surface area contributed by atoms with Crippen molar-refractivity contribution in [3.63, 3.8) is 0 Å². The average molecular weight is 513 g/mol. The van der Waals surface area contributed by atoms with Crippen molar-refractivity contribution in [2.24, 2.45) is 0 Å². The van der Waals surface area contributed by atoms with Crippen molar-refractivity contribution in [3.05, 3.63) is 100 Å². The van der Waals surface area contributed by atoms with E-state index in [4.69, 9.17) is 25.8 Å². The van der Waals surface area contributed by atoms with E-state index in [1.807, 2.05) is 30.3 Å². The fourth-order valence-corrected chi connectivity index (χ4v) is 4.15. The van der Waals surface area contributed by atoms with E-state index in [1.54, 1.807) is 12.1 Å². The fraction of sp³-hybridized carbons (Fsp3) is 0.133. The number of nitriles is 1. The van der Waals surface area contributed by atoms with E-state index in [2.05, 4.69) is 36.5 Å². The second kappa shape index (κ2) is 11.5. The monoisotopic (exact) mass is 512 g/mol. The van der Waals surface area contributed by atoms with Gasteiger partial charge in [-0.2, -0.15) is 5.26 Å². The summed E-state index contributed by atoms with van der Waals surface area (Å²) in [5.41, 5.74) is 3.25.